The second-order valence-electron chi connectivity index (χ2n) is 6.76. The molecule has 5 heteroatoms. The van der Waals surface area contributed by atoms with Crippen LogP contribution in [0.1, 0.15) is 30.7 Å². The lowest BCUT2D eigenvalue weighted by Crippen LogP contribution is -2.40. The lowest BCUT2D eigenvalue weighted by molar-refractivity contribution is 0.157. The Morgan fingerprint density at radius 3 is 2.91 bits per heavy atom. The van der Waals surface area contributed by atoms with Gasteiger partial charge in [-0.3, -0.25) is 4.90 Å². The summed E-state index contributed by atoms with van der Waals surface area (Å²) in [6.07, 6.45) is 5.40. The summed E-state index contributed by atoms with van der Waals surface area (Å²) in [5.74, 6) is 1.80. The number of methoxy groups -OCH3 is 1. The molecule has 23 heavy (non-hydrogen) atoms. The number of thiazole rings is 1. The topological polar surface area (TPSA) is 37.4 Å². The van der Waals surface area contributed by atoms with Gasteiger partial charge in [0.2, 0.25) is 0 Å². The van der Waals surface area contributed by atoms with Crippen molar-refractivity contribution >= 4 is 21.6 Å². The summed E-state index contributed by atoms with van der Waals surface area (Å²) in [5, 5.41) is 4.91. The van der Waals surface area contributed by atoms with Crippen molar-refractivity contribution in [1.29, 1.82) is 0 Å². The van der Waals surface area contributed by atoms with E-state index in [1.54, 1.807) is 18.4 Å². The number of ether oxygens (including phenoxy) is 1. The Labute approximate surface area is 141 Å². The molecule has 124 valence electrons. The fraction of sp³-hybridized carbons (Fsp3) is 0.611. The highest BCUT2D eigenvalue weighted by Crippen LogP contribution is 2.29. The summed E-state index contributed by atoms with van der Waals surface area (Å²) >= 11 is 1.80. The Morgan fingerprint density at radius 1 is 1.30 bits per heavy atom. The average molecular weight is 331 g/mol. The molecule has 0 radical (unpaired) electrons. The summed E-state index contributed by atoms with van der Waals surface area (Å²) in [7, 11) is 1.71. The van der Waals surface area contributed by atoms with Crippen LogP contribution in [0.3, 0.4) is 0 Å². The monoisotopic (exact) mass is 331 g/mol. The number of fused-ring (bicyclic) bond motifs is 1. The van der Waals surface area contributed by atoms with E-state index >= 15 is 0 Å². The van der Waals surface area contributed by atoms with E-state index in [0.717, 1.165) is 29.8 Å². The number of likely N-dealkylation sites (tertiary alicyclic amines) is 1. The maximum absolute atomic E-state index is 5.30. The highest BCUT2D eigenvalue weighted by atomic mass is 32.1. The molecule has 0 amide bonds. The lowest BCUT2D eigenvalue weighted by atomic mass is 9.88. The first kappa shape index (κ1) is 15.4. The minimum absolute atomic E-state index is 0.784. The number of nitrogens with one attached hydrogen (secondary N) is 1. The van der Waals surface area contributed by atoms with Crippen LogP contribution in [0.5, 0.6) is 5.75 Å². The molecule has 1 atom stereocenters. The first-order valence-electron chi connectivity index (χ1n) is 8.71. The van der Waals surface area contributed by atoms with Crippen LogP contribution >= 0.6 is 11.3 Å². The van der Waals surface area contributed by atoms with Crippen LogP contribution < -0.4 is 10.1 Å². The molecule has 1 N–H and O–H groups in total. The van der Waals surface area contributed by atoms with E-state index in [1.165, 1.54) is 55.0 Å². The van der Waals surface area contributed by atoms with Gasteiger partial charge in [-0.05, 0) is 69.4 Å². The Bertz CT molecular complexity index is 657. The number of hydrogen-bond donors (Lipinski definition) is 1. The van der Waals surface area contributed by atoms with E-state index in [4.69, 9.17) is 9.72 Å². The fourth-order valence-electron chi connectivity index (χ4n) is 3.97. The molecular formula is C18H25N3OS. The summed E-state index contributed by atoms with van der Waals surface area (Å²) < 4.78 is 6.53. The van der Waals surface area contributed by atoms with Gasteiger partial charge >= 0.3 is 0 Å². The predicted octanol–water partition coefficient (Wildman–Crippen LogP) is 3.27. The van der Waals surface area contributed by atoms with E-state index in [9.17, 15) is 0 Å². The molecule has 3 heterocycles. The third-order valence-electron chi connectivity index (χ3n) is 5.30. The molecular weight excluding hydrogens is 306 g/mol. The smallest absolute Gasteiger partial charge is 0.120 e. The molecule has 2 saturated heterocycles. The van der Waals surface area contributed by atoms with Crippen LogP contribution in [0.25, 0.3) is 10.2 Å². The first-order chi connectivity index (χ1) is 11.3. The summed E-state index contributed by atoms with van der Waals surface area (Å²) in [6.45, 7) is 4.64. The van der Waals surface area contributed by atoms with Crippen molar-refractivity contribution < 1.29 is 4.74 Å². The zero-order valence-electron chi connectivity index (χ0n) is 13.8. The van der Waals surface area contributed by atoms with Gasteiger partial charge in [-0.15, -0.1) is 11.3 Å². The molecule has 4 rings (SSSR count). The van der Waals surface area contributed by atoms with Gasteiger partial charge in [-0.2, -0.15) is 0 Å². The molecule has 2 fully saturated rings. The molecule has 2 aromatic rings. The SMILES string of the molecule is COc1ccc2nc(CN3CCC(C4CCCN4)CC3)sc2c1. The van der Waals surface area contributed by atoms with Gasteiger partial charge in [0.05, 0.1) is 23.9 Å². The van der Waals surface area contributed by atoms with Gasteiger partial charge in [-0.25, -0.2) is 4.98 Å². The third kappa shape index (κ3) is 3.37. The lowest BCUT2D eigenvalue weighted by Gasteiger charge is -2.34. The second-order valence-corrected chi connectivity index (χ2v) is 7.87. The third-order valence-corrected chi connectivity index (χ3v) is 6.30. The van der Waals surface area contributed by atoms with Crippen molar-refractivity contribution in [3.05, 3.63) is 23.2 Å². The van der Waals surface area contributed by atoms with Crippen LogP contribution in [-0.4, -0.2) is 42.7 Å². The van der Waals surface area contributed by atoms with Crippen LogP contribution in [0.2, 0.25) is 0 Å². The van der Waals surface area contributed by atoms with Gasteiger partial charge in [0, 0.05) is 6.04 Å². The molecule has 0 aliphatic carbocycles. The van der Waals surface area contributed by atoms with Crippen molar-refractivity contribution in [3.63, 3.8) is 0 Å². The normalized spacial score (nSPS) is 23.6. The van der Waals surface area contributed by atoms with E-state index in [2.05, 4.69) is 22.3 Å². The number of benzene rings is 1. The van der Waals surface area contributed by atoms with E-state index in [0.29, 0.717) is 0 Å². The number of hydrogen-bond acceptors (Lipinski definition) is 5. The largest absolute Gasteiger partial charge is 0.497 e. The Morgan fingerprint density at radius 2 is 2.17 bits per heavy atom. The predicted molar refractivity (Wildman–Crippen MR) is 95.2 cm³/mol. The Hall–Kier alpha value is -1.17. The standard InChI is InChI=1S/C18H25N3OS/c1-22-14-4-5-16-17(11-14)23-18(20-16)12-21-9-6-13(7-10-21)15-3-2-8-19-15/h4-5,11,13,15,19H,2-3,6-10,12H2,1H3. The minimum atomic E-state index is 0.784. The molecule has 1 aromatic carbocycles. The van der Waals surface area contributed by atoms with Crippen molar-refractivity contribution in [2.24, 2.45) is 5.92 Å². The van der Waals surface area contributed by atoms with Crippen LogP contribution in [0.4, 0.5) is 0 Å². The minimum Gasteiger partial charge on any atom is -0.497 e. The van der Waals surface area contributed by atoms with Crippen molar-refractivity contribution in [1.82, 2.24) is 15.2 Å². The molecule has 1 unspecified atom stereocenters. The van der Waals surface area contributed by atoms with Gasteiger partial charge in [0.15, 0.2) is 0 Å². The summed E-state index contributed by atoms with van der Waals surface area (Å²) in [6, 6.07) is 6.93. The van der Waals surface area contributed by atoms with E-state index in [-0.39, 0.29) is 0 Å². The van der Waals surface area contributed by atoms with Gasteiger partial charge in [0.1, 0.15) is 10.8 Å². The maximum Gasteiger partial charge on any atom is 0.120 e. The number of aromatic nitrogens is 1. The van der Waals surface area contributed by atoms with Crippen molar-refractivity contribution in [2.45, 2.75) is 38.3 Å². The van der Waals surface area contributed by atoms with Crippen LogP contribution in [-0.2, 0) is 6.54 Å². The maximum atomic E-state index is 5.30. The summed E-state index contributed by atoms with van der Waals surface area (Å²) in [4.78, 5) is 7.36. The second kappa shape index (κ2) is 6.75. The first-order valence-corrected chi connectivity index (χ1v) is 9.52. The quantitative estimate of drug-likeness (QED) is 0.933. The number of rotatable bonds is 4. The van der Waals surface area contributed by atoms with E-state index < -0.39 is 0 Å². The highest BCUT2D eigenvalue weighted by Gasteiger charge is 2.28. The van der Waals surface area contributed by atoms with Gasteiger partial charge < -0.3 is 10.1 Å². The van der Waals surface area contributed by atoms with Gasteiger partial charge in [0.25, 0.3) is 0 Å². The molecule has 4 nitrogen and oxygen atoms in total. The zero-order valence-corrected chi connectivity index (χ0v) is 14.6. The highest BCUT2D eigenvalue weighted by molar-refractivity contribution is 7.18. The Kier molecular flexibility index (Phi) is 4.51. The molecule has 2 aliphatic heterocycles. The molecule has 2 aliphatic rings. The van der Waals surface area contributed by atoms with Crippen molar-refractivity contribution in [2.75, 3.05) is 26.7 Å². The van der Waals surface area contributed by atoms with E-state index in [1.807, 2.05) is 6.07 Å². The van der Waals surface area contributed by atoms with Crippen LogP contribution in [0, 0.1) is 5.92 Å². The Balaban J connectivity index is 1.37. The molecule has 0 spiro atoms. The average Bonchev–Trinajstić information content (AvgIpc) is 3.24. The zero-order chi connectivity index (χ0) is 15.6. The molecule has 0 saturated carbocycles. The number of piperidine rings is 1. The summed E-state index contributed by atoms with van der Waals surface area (Å²) in [5.41, 5.74) is 1.09. The fourth-order valence-corrected chi connectivity index (χ4v) is 5.00. The molecule has 1 aromatic heterocycles. The van der Waals surface area contributed by atoms with Crippen LogP contribution in [0.15, 0.2) is 18.2 Å². The molecule has 0 bridgehead atoms. The van der Waals surface area contributed by atoms with Gasteiger partial charge in [-0.1, -0.05) is 0 Å². The van der Waals surface area contributed by atoms with Crippen molar-refractivity contribution in [3.8, 4) is 5.75 Å². The number of nitrogens with zero attached hydrogens (tertiary/aromatic N) is 2.